The van der Waals surface area contributed by atoms with Crippen molar-refractivity contribution in [3.8, 4) is 5.75 Å². The lowest BCUT2D eigenvalue weighted by atomic mass is 10.0. The normalized spacial score (nSPS) is 10.7. The van der Waals surface area contributed by atoms with Crippen LogP contribution in [0.2, 0.25) is 0 Å². The summed E-state index contributed by atoms with van der Waals surface area (Å²) in [6, 6.07) is 3.80. The van der Waals surface area contributed by atoms with E-state index in [0.717, 1.165) is 16.7 Å². The van der Waals surface area contributed by atoms with Crippen LogP contribution in [0.15, 0.2) is 18.2 Å². The molecule has 1 aromatic rings. The monoisotopic (exact) mass is 289 g/mol. The van der Waals surface area contributed by atoms with Crippen molar-refractivity contribution in [2.24, 2.45) is 0 Å². The minimum absolute atomic E-state index is 0.0475. The molecule has 0 atom stereocenters. The van der Waals surface area contributed by atoms with Gasteiger partial charge in [-0.15, -0.1) is 0 Å². The van der Waals surface area contributed by atoms with E-state index in [0.29, 0.717) is 18.8 Å². The second-order valence-electron chi connectivity index (χ2n) is 4.93. The lowest BCUT2D eigenvalue weighted by molar-refractivity contribution is -0.132. The number of carbonyl (C=O) groups is 2. The Hall–Kier alpha value is -2.10. The molecule has 0 heterocycles. The van der Waals surface area contributed by atoms with E-state index in [4.69, 9.17) is 4.74 Å². The first kappa shape index (κ1) is 17.0. The molecule has 114 valence electrons. The van der Waals surface area contributed by atoms with Gasteiger partial charge in [-0.3, -0.25) is 9.59 Å². The molecule has 0 unspecified atom stereocenters. The van der Waals surface area contributed by atoms with Gasteiger partial charge in [0.05, 0.1) is 0 Å². The molecule has 0 fully saturated rings. The van der Waals surface area contributed by atoms with E-state index in [9.17, 15) is 9.59 Å². The summed E-state index contributed by atoms with van der Waals surface area (Å²) >= 11 is 0. The second-order valence-corrected chi connectivity index (χ2v) is 4.93. The van der Waals surface area contributed by atoms with Crippen LogP contribution in [0.4, 0.5) is 0 Å². The van der Waals surface area contributed by atoms with Gasteiger partial charge in [-0.25, -0.2) is 0 Å². The van der Waals surface area contributed by atoms with Gasteiger partial charge in [-0.1, -0.05) is 6.07 Å². The molecule has 21 heavy (non-hydrogen) atoms. The quantitative estimate of drug-likeness (QED) is 0.475. The first-order valence-electron chi connectivity index (χ1n) is 7.15. The van der Waals surface area contributed by atoms with Crippen LogP contribution < -0.4 is 4.74 Å². The van der Waals surface area contributed by atoms with E-state index in [-0.39, 0.29) is 11.9 Å². The molecule has 0 spiro atoms. The van der Waals surface area contributed by atoms with Crippen molar-refractivity contribution in [2.45, 2.75) is 34.6 Å². The fourth-order valence-corrected chi connectivity index (χ4v) is 2.19. The maximum atomic E-state index is 12.0. The first-order valence-corrected chi connectivity index (χ1v) is 7.15. The molecule has 0 aromatic heterocycles. The molecule has 0 aliphatic carbocycles. The summed E-state index contributed by atoms with van der Waals surface area (Å²) in [5.74, 6) is 0.0714. The first-order chi connectivity index (χ1) is 9.88. The van der Waals surface area contributed by atoms with Crippen molar-refractivity contribution in [1.82, 2.24) is 4.90 Å². The molecule has 0 saturated carbocycles. The summed E-state index contributed by atoms with van der Waals surface area (Å²) in [4.78, 5) is 25.0. The zero-order chi connectivity index (χ0) is 16.0. The number of carbonyl (C=O) groups excluding carboxylic acids is 2. The van der Waals surface area contributed by atoms with Crippen molar-refractivity contribution >= 4 is 18.0 Å². The van der Waals surface area contributed by atoms with E-state index in [2.05, 4.69) is 0 Å². The third-order valence-electron chi connectivity index (χ3n) is 3.21. The summed E-state index contributed by atoms with van der Waals surface area (Å²) in [6.07, 6.45) is 3.24. The summed E-state index contributed by atoms with van der Waals surface area (Å²) in [5.41, 5.74) is 2.74. The van der Waals surface area contributed by atoms with Gasteiger partial charge in [-0.2, -0.15) is 0 Å². The maximum Gasteiger partial charge on any atom is 0.308 e. The molecular weight excluding hydrogens is 266 g/mol. The number of ether oxygens (including phenoxy) is 1. The number of hydrogen-bond acceptors (Lipinski definition) is 3. The lowest BCUT2D eigenvalue weighted by Crippen LogP contribution is -2.28. The van der Waals surface area contributed by atoms with Crippen molar-refractivity contribution in [2.75, 3.05) is 13.1 Å². The molecule has 0 radical (unpaired) electrons. The smallest absolute Gasteiger partial charge is 0.308 e. The topological polar surface area (TPSA) is 46.6 Å². The molecule has 0 aliphatic rings. The van der Waals surface area contributed by atoms with Crippen molar-refractivity contribution < 1.29 is 14.3 Å². The molecule has 1 aromatic carbocycles. The van der Waals surface area contributed by atoms with Gasteiger partial charge >= 0.3 is 5.97 Å². The Morgan fingerprint density at radius 3 is 2.33 bits per heavy atom. The summed E-state index contributed by atoms with van der Waals surface area (Å²) in [5, 5.41) is 0. The van der Waals surface area contributed by atoms with Crippen LogP contribution in [-0.4, -0.2) is 29.9 Å². The van der Waals surface area contributed by atoms with Gasteiger partial charge in [0.15, 0.2) is 0 Å². The molecule has 1 amide bonds. The molecular formula is C17H23NO3. The van der Waals surface area contributed by atoms with Crippen molar-refractivity contribution in [3.63, 3.8) is 0 Å². The average Bonchev–Trinajstić information content (AvgIpc) is 2.38. The fraction of sp³-hybridized carbons (Fsp3) is 0.412. The van der Waals surface area contributed by atoms with Gasteiger partial charge in [0.25, 0.3) is 0 Å². The number of esters is 1. The van der Waals surface area contributed by atoms with Gasteiger partial charge in [-0.05, 0) is 51.0 Å². The van der Waals surface area contributed by atoms with Crippen LogP contribution in [0, 0.1) is 13.8 Å². The molecule has 4 nitrogen and oxygen atoms in total. The van der Waals surface area contributed by atoms with Crippen LogP contribution >= 0.6 is 0 Å². The number of benzene rings is 1. The number of hydrogen-bond donors (Lipinski definition) is 0. The Morgan fingerprint density at radius 2 is 1.81 bits per heavy atom. The number of rotatable bonds is 5. The van der Waals surface area contributed by atoms with E-state index in [1.54, 1.807) is 17.0 Å². The number of aryl methyl sites for hydroxylation is 2. The Balaban J connectivity index is 3.11. The highest BCUT2D eigenvalue weighted by molar-refractivity contribution is 5.92. The van der Waals surface area contributed by atoms with E-state index < -0.39 is 0 Å². The highest BCUT2D eigenvalue weighted by Crippen LogP contribution is 2.26. The minimum atomic E-state index is -0.371. The Morgan fingerprint density at radius 1 is 1.19 bits per heavy atom. The predicted molar refractivity (Wildman–Crippen MR) is 84.2 cm³/mol. The third kappa shape index (κ3) is 4.74. The fourth-order valence-electron chi connectivity index (χ4n) is 2.19. The maximum absolute atomic E-state index is 12.0. The van der Waals surface area contributed by atoms with Crippen molar-refractivity contribution in [3.05, 3.63) is 34.9 Å². The molecule has 0 bridgehead atoms. The molecule has 4 heteroatoms. The Labute approximate surface area is 126 Å². The zero-order valence-corrected chi connectivity index (χ0v) is 13.4. The van der Waals surface area contributed by atoms with Gasteiger partial charge in [0, 0.05) is 31.7 Å². The number of amides is 1. The number of nitrogens with zero attached hydrogens (tertiary/aromatic N) is 1. The average molecular weight is 289 g/mol. The summed E-state index contributed by atoms with van der Waals surface area (Å²) in [7, 11) is 0. The zero-order valence-electron chi connectivity index (χ0n) is 13.4. The van der Waals surface area contributed by atoms with Crippen LogP contribution in [-0.2, 0) is 9.59 Å². The molecule has 0 N–H and O–H groups in total. The highest BCUT2D eigenvalue weighted by Gasteiger charge is 2.10. The van der Waals surface area contributed by atoms with Crippen molar-refractivity contribution in [1.29, 1.82) is 0 Å². The molecule has 1 rings (SSSR count). The molecule has 0 aliphatic heterocycles. The van der Waals surface area contributed by atoms with E-state index >= 15 is 0 Å². The van der Waals surface area contributed by atoms with Crippen LogP contribution in [0.1, 0.15) is 37.5 Å². The van der Waals surface area contributed by atoms with Gasteiger partial charge < -0.3 is 9.64 Å². The highest BCUT2D eigenvalue weighted by atomic mass is 16.5. The van der Waals surface area contributed by atoms with E-state index in [1.165, 1.54) is 13.0 Å². The van der Waals surface area contributed by atoms with Crippen LogP contribution in [0.5, 0.6) is 5.75 Å². The van der Waals surface area contributed by atoms with Crippen LogP contribution in [0.25, 0.3) is 6.08 Å². The van der Waals surface area contributed by atoms with Crippen LogP contribution in [0.3, 0.4) is 0 Å². The van der Waals surface area contributed by atoms with Gasteiger partial charge in [0.2, 0.25) is 5.91 Å². The molecule has 0 saturated heterocycles. The Kier molecular flexibility index (Phi) is 6.15. The second kappa shape index (κ2) is 7.62. The minimum Gasteiger partial charge on any atom is -0.426 e. The lowest BCUT2D eigenvalue weighted by Gasteiger charge is -2.16. The summed E-state index contributed by atoms with van der Waals surface area (Å²) in [6.45, 7) is 10.5. The predicted octanol–water partition coefficient (Wildman–Crippen LogP) is 3.11. The van der Waals surface area contributed by atoms with Gasteiger partial charge in [0.1, 0.15) is 5.75 Å². The Bertz CT molecular complexity index is 557. The third-order valence-corrected chi connectivity index (χ3v) is 3.21. The van der Waals surface area contributed by atoms with E-state index in [1.807, 2.05) is 33.8 Å². The largest absolute Gasteiger partial charge is 0.426 e. The summed E-state index contributed by atoms with van der Waals surface area (Å²) < 4.78 is 5.24. The number of likely N-dealkylation sites (N-methyl/N-ethyl adjacent to an activating group) is 1. The SMILES string of the molecule is CCN(CC)C(=O)/C=C\c1c(C)cc(C)cc1OC(C)=O. The standard InChI is InChI=1S/C17H23NO3/c1-6-18(7-2)17(20)9-8-15-13(4)10-12(3)11-16(15)21-14(5)19/h8-11H,6-7H2,1-5H3/b9-8-.